The van der Waals surface area contributed by atoms with E-state index in [1.54, 1.807) is 0 Å². The summed E-state index contributed by atoms with van der Waals surface area (Å²) in [7, 11) is 0. The first kappa shape index (κ1) is 12.9. The number of benzene rings is 1. The van der Waals surface area contributed by atoms with E-state index in [0.29, 0.717) is 18.5 Å². The number of halogens is 2. The third kappa shape index (κ3) is 3.02. The lowest BCUT2D eigenvalue weighted by atomic mass is 10.1. The summed E-state index contributed by atoms with van der Waals surface area (Å²) in [6.07, 6.45) is 2.21. The third-order valence-electron chi connectivity index (χ3n) is 2.93. The normalized spacial score (nSPS) is 14.8. The monoisotopic (exact) mass is 315 g/mol. The molecule has 0 saturated heterocycles. The van der Waals surface area contributed by atoms with Gasteiger partial charge in [0.05, 0.1) is 5.56 Å². The largest absolute Gasteiger partial charge is 0.334 e. The van der Waals surface area contributed by atoms with Crippen molar-refractivity contribution in [1.29, 1.82) is 0 Å². The highest BCUT2D eigenvalue weighted by Gasteiger charge is 2.33. The van der Waals surface area contributed by atoms with Crippen molar-refractivity contribution in [2.45, 2.75) is 25.8 Å². The highest BCUT2D eigenvalue weighted by atomic mass is 79.9. The Morgan fingerprint density at radius 3 is 2.76 bits per heavy atom. The highest BCUT2D eigenvalue weighted by Crippen LogP contribution is 2.30. The number of carbonyl (C=O) groups is 1. The van der Waals surface area contributed by atoms with E-state index in [2.05, 4.69) is 15.9 Å². The molecule has 4 heteroatoms. The zero-order chi connectivity index (χ0) is 12.4. The number of alkyl halides is 1. The predicted octanol–water partition coefficient (Wildman–Crippen LogP) is 3.60. The fourth-order valence-electron chi connectivity index (χ4n) is 1.88. The van der Waals surface area contributed by atoms with Crippen molar-refractivity contribution in [2.24, 2.45) is 0 Å². The van der Waals surface area contributed by atoms with Crippen LogP contribution in [-0.2, 0) is 0 Å². The van der Waals surface area contributed by atoms with Gasteiger partial charge in [0, 0.05) is 22.9 Å². The standard InChI is InChI=1S/C13H15BrClNO/c1-9-2-5-11(12(14)8-9)13(17)16(7-6-15)10-3-4-10/h2,5,8,10H,3-4,6-7H2,1H3. The fraction of sp³-hybridized carbons (Fsp3) is 0.462. The maximum absolute atomic E-state index is 12.4. The van der Waals surface area contributed by atoms with Crippen molar-refractivity contribution in [2.75, 3.05) is 12.4 Å². The van der Waals surface area contributed by atoms with Crippen LogP contribution in [0.15, 0.2) is 22.7 Å². The van der Waals surface area contributed by atoms with E-state index >= 15 is 0 Å². The Morgan fingerprint density at radius 2 is 2.24 bits per heavy atom. The van der Waals surface area contributed by atoms with Gasteiger partial charge in [0.2, 0.25) is 0 Å². The second-order valence-electron chi connectivity index (χ2n) is 4.40. The summed E-state index contributed by atoms with van der Waals surface area (Å²) < 4.78 is 0.864. The number of nitrogens with zero attached hydrogens (tertiary/aromatic N) is 1. The zero-order valence-electron chi connectivity index (χ0n) is 9.75. The van der Waals surface area contributed by atoms with Gasteiger partial charge in [0.15, 0.2) is 0 Å². The van der Waals surface area contributed by atoms with Gasteiger partial charge in [-0.2, -0.15) is 0 Å². The second-order valence-corrected chi connectivity index (χ2v) is 5.63. The minimum atomic E-state index is 0.0834. The lowest BCUT2D eigenvalue weighted by molar-refractivity contribution is 0.0753. The molecule has 1 aliphatic rings. The average Bonchev–Trinajstić information content (AvgIpc) is 3.09. The number of amides is 1. The molecule has 2 rings (SSSR count). The summed E-state index contributed by atoms with van der Waals surface area (Å²) in [4.78, 5) is 14.3. The first-order valence-electron chi connectivity index (χ1n) is 5.76. The molecule has 0 radical (unpaired) electrons. The molecule has 1 saturated carbocycles. The molecule has 0 spiro atoms. The van der Waals surface area contributed by atoms with E-state index in [1.807, 2.05) is 30.0 Å². The average molecular weight is 317 g/mol. The summed E-state index contributed by atoms with van der Waals surface area (Å²) in [5.41, 5.74) is 1.87. The third-order valence-corrected chi connectivity index (χ3v) is 3.75. The van der Waals surface area contributed by atoms with Crippen molar-refractivity contribution in [3.63, 3.8) is 0 Å². The van der Waals surface area contributed by atoms with E-state index in [-0.39, 0.29) is 5.91 Å². The van der Waals surface area contributed by atoms with Crippen molar-refractivity contribution >= 4 is 33.4 Å². The Hall–Kier alpha value is -0.540. The van der Waals surface area contributed by atoms with Crippen molar-refractivity contribution in [1.82, 2.24) is 4.90 Å². The molecule has 1 fully saturated rings. The smallest absolute Gasteiger partial charge is 0.255 e. The number of aryl methyl sites for hydroxylation is 1. The summed E-state index contributed by atoms with van der Waals surface area (Å²) in [6.45, 7) is 2.64. The van der Waals surface area contributed by atoms with Gasteiger partial charge in [0.25, 0.3) is 5.91 Å². The Kier molecular flexibility index (Phi) is 4.10. The summed E-state index contributed by atoms with van der Waals surface area (Å²) in [5.74, 6) is 0.575. The van der Waals surface area contributed by atoms with Gasteiger partial charge < -0.3 is 4.90 Å². The van der Waals surface area contributed by atoms with Gasteiger partial charge in [-0.15, -0.1) is 11.6 Å². The molecule has 2 nitrogen and oxygen atoms in total. The van der Waals surface area contributed by atoms with Crippen LogP contribution in [0.4, 0.5) is 0 Å². The molecule has 0 heterocycles. The Morgan fingerprint density at radius 1 is 1.53 bits per heavy atom. The van der Waals surface area contributed by atoms with Gasteiger partial charge in [-0.05, 0) is 53.4 Å². The first-order chi connectivity index (χ1) is 8.13. The topological polar surface area (TPSA) is 20.3 Å². The summed E-state index contributed by atoms with van der Waals surface area (Å²) in [5, 5.41) is 0. The Labute approximate surface area is 115 Å². The van der Waals surface area contributed by atoms with Crippen LogP contribution in [0, 0.1) is 6.92 Å². The zero-order valence-corrected chi connectivity index (χ0v) is 12.1. The van der Waals surface area contributed by atoms with Crippen LogP contribution in [0.3, 0.4) is 0 Å². The van der Waals surface area contributed by atoms with Crippen LogP contribution < -0.4 is 0 Å². The fourth-order valence-corrected chi connectivity index (χ4v) is 2.72. The lowest BCUT2D eigenvalue weighted by Crippen LogP contribution is -2.34. The number of hydrogen-bond acceptors (Lipinski definition) is 1. The molecule has 0 aliphatic heterocycles. The number of carbonyl (C=O) groups excluding carboxylic acids is 1. The SMILES string of the molecule is Cc1ccc(C(=O)N(CCCl)C2CC2)c(Br)c1. The molecule has 0 bridgehead atoms. The van der Waals surface area contributed by atoms with Crippen LogP contribution in [0.1, 0.15) is 28.8 Å². The maximum Gasteiger partial charge on any atom is 0.255 e. The minimum absolute atomic E-state index is 0.0834. The van der Waals surface area contributed by atoms with Crippen LogP contribution in [0.5, 0.6) is 0 Å². The van der Waals surface area contributed by atoms with E-state index in [4.69, 9.17) is 11.6 Å². The molecule has 1 amide bonds. The van der Waals surface area contributed by atoms with Crippen LogP contribution in [0.25, 0.3) is 0 Å². The molecular weight excluding hydrogens is 302 g/mol. The van der Waals surface area contributed by atoms with E-state index in [0.717, 1.165) is 28.4 Å². The van der Waals surface area contributed by atoms with Crippen molar-refractivity contribution in [3.8, 4) is 0 Å². The van der Waals surface area contributed by atoms with E-state index in [9.17, 15) is 4.79 Å². The van der Waals surface area contributed by atoms with E-state index < -0.39 is 0 Å². The molecule has 1 aromatic carbocycles. The summed E-state index contributed by atoms with van der Waals surface area (Å²) >= 11 is 9.22. The quantitative estimate of drug-likeness (QED) is 0.777. The lowest BCUT2D eigenvalue weighted by Gasteiger charge is -2.22. The number of hydrogen-bond donors (Lipinski definition) is 0. The molecule has 92 valence electrons. The van der Waals surface area contributed by atoms with Gasteiger partial charge in [-0.3, -0.25) is 4.79 Å². The highest BCUT2D eigenvalue weighted by molar-refractivity contribution is 9.10. The summed E-state index contributed by atoms with van der Waals surface area (Å²) in [6, 6.07) is 6.21. The molecule has 1 aromatic rings. The van der Waals surface area contributed by atoms with Crippen LogP contribution in [-0.4, -0.2) is 29.3 Å². The first-order valence-corrected chi connectivity index (χ1v) is 7.09. The van der Waals surface area contributed by atoms with Crippen LogP contribution >= 0.6 is 27.5 Å². The van der Waals surface area contributed by atoms with Crippen molar-refractivity contribution < 1.29 is 4.79 Å². The minimum Gasteiger partial charge on any atom is -0.334 e. The van der Waals surface area contributed by atoms with Gasteiger partial charge in [-0.1, -0.05) is 6.07 Å². The second kappa shape index (κ2) is 5.40. The van der Waals surface area contributed by atoms with Gasteiger partial charge >= 0.3 is 0 Å². The van der Waals surface area contributed by atoms with Gasteiger partial charge in [-0.25, -0.2) is 0 Å². The molecule has 0 atom stereocenters. The predicted molar refractivity (Wildman–Crippen MR) is 73.7 cm³/mol. The van der Waals surface area contributed by atoms with E-state index in [1.165, 1.54) is 0 Å². The number of rotatable bonds is 4. The molecule has 17 heavy (non-hydrogen) atoms. The van der Waals surface area contributed by atoms with Crippen LogP contribution in [0.2, 0.25) is 0 Å². The van der Waals surface area contributed by atoms with Crippen molar-refractivity contribution in [3.05, 3.63) is 33.8 Å². The molecular formula is C13H15BrClNO. The molecule has 0 N–H and O–H groups in total. The Balaban J connectivity index is 2.22. The van der Waals surface area contributed by atoms with Gasteiger partial charge in [0.1, 0.15) is 0 Å². The Bertz CT molecular complexity index is 431. The molecule has 1 aliphatic carbocycles. The molecule has 0 unspecified atom stereocenters. The maximum atomic E-state index is 12.4. The molecule has 0 aromatic heterocycles.